The first kappa shape index (κ1) is 14.2. The Labute approximate surface area is 116 Å². The van der Waals surface area contributed by atoms with Crippen molar-refractivity contribution in [2.45, 2.75) is 26.3 Å². The fourth-order valence-electron chi connectivity index (χ4n) is 2.10. The molecular formula is C15H17F2NS. The Hall–Kier alpha value is -1.26. The van der Waals surface area contributed by atoms with Gasteiger partial charge in [-0.3, -0.25) is 0 Å². The van der Waals surface area contributed by atoms with Crippen LogP contribution in [-0.2, 0) is 6.42 Å². The molecule has 0 saturated carbocycles. The first-order chi connectivity index (χ1) is 9.13. The maximum Gasteiger partial charge on any atom is 0.163 e. The zero-order chi connectivity index (χ0) is 13.8. The van der Waals surface area contributed by atoms with Crippen LogP contribution in [0.4, 0.5) is 8.78 Å². The Balaban J connectivity index is 2.31. The van der Waals surface area contributed by atoms with E-state index in [0.29, 0.717) is 24.1 Å². The summed E-state index contributed by atoms with van der Waals surface area (Å²) in [4.78, 5) is 1.16. The SMILES string of the molecule is CCNC(Cc1cccs1)c1ccc(C)c(F)c1F. The average molecular weight is 281 g/mol. The van der Waals surface area contributed by atoms with Gasteiger partial charge < -0.3 is 5.32 Å². The molecule has 1 N–H and O–H groups in total. The number of likely N-dealkylation sites (N-methyl/N-ethyl adjacent to an activating group) is 1. The molecule has 0 saturated heterocycles. The third kappa shape index (κ3) is 3.19. The normalized spacial score (nSPS) is 12.6. The second kappa shape index (κ2) is 6.26. The van der Waals surface area contributed by atoms with Crippen LogP contribution in [0.5, 0.6) is 0 Å². The van der Waals surface area contributed by atoms with Crippen LogP contribution >= 0.6 is 11.3 Å². The summed E-state index contributed by atoms with van der Waals surface area (Å²) < 4.78 is 27.7. The van der Waals surface area contributed by atoms with Gasteiger partial charge in [0.2, 0.25) is 0 Å². The van der Waals surface area contributed by atoms with Crippen molar-refractivity contribution < 1.29 is 8.78 Å². The Morgan fingerprint density at radius 1 is 1.21 bits per heavy atom. The van der Waals surface area contributed by atoms with E-state index in [1.807, 2.05) is 24.4 Å². The van der Waals surface area contributed by atoms with Gasteiger partial charge in [-0.05, 0) is 30.5 Å². The lowest BCUT2D eigenvalue weighted by atomic mass is 10.00. The molecule has 0 bridgehead atoms. The summed E-state index contributed by atoms with van der Waals surface area (Å²) in [5.41, 5.74) is 0.742. The summed E-state index contributed by atoms with van der Waals surface area (Å²) in [5, 5.41) is 5.22. The Kier molecular flexibility index (Phi) is 4.66. The van der Waals surface area contributed by atoms with E-state index in [-0.39, 0.29) is 6.04 Å². The molecular weight excluding hydrogens is 264 g/mol. The lowest BCUT2D eigenvalue weighted by Gasteiger charge is -2.19. The fraction of sp³-hybridized carbons (Fsp3) is 0.333. The van der Waals surface area contributed by atoms with Gasteiger partial charge in [0.25, 0.3) is 0 Å². The van der Waals surface area contributed by atoms with Crippen LogP contribution in [0.3, 0.4) is 0 Å². The van der Waals surface area contributed by atoms with Crippen LogP contribution < -0.4 is 5.32 Å². The van der Waals surface area contributed by atoms with Crippen LogP contribution in [0.15, 0.2) is 29.6 Å². The smallest absolute Gasteiger partial charge is 0.163 e. The summed E-state index contributed by atoms with van der Waals surface area (Å²) in [6.45, 7) is 4.25. The fourth-order valence-corrected chi connectivity index (χ4v) is 2.85. The maximum atomic E-state index is 14.1. The van der Waals surface area contributed by atoms with E-state index in [1.165, 1.54) is 0 Å². The van der Waals surface area contributed by atoms with Crippen molar-refractivity contribution >= 4 is 11.3 Å². The van der Waals surface area contributed by atoms with E-state index in [4.69, 9.17) is 0 Å². The van der Waals surface area contributed by atoms with Crippen molar-refractivity contribution in [1.82, 2.24) is 5.32 Å². The molecule has 1 heterocycles. The third-order valence-electron chi connectivity index (χ3n) is 3.12. The average Bonchev–Trinajstić information content (AvgIpc) is 2.89. The van der Waals surface area contributed by atoms with Crippen LogP contribution in [0, 0.1) is 18.6 Å². The monoisotopic (exact) mass is 281 g/mol. The number of halogens is 2. The number of thiophene rings is 1. The van der Waals surface area contributed by atoms with Gasteiger partial charge in [0, 0.05) is 22.9 Å². The van der Waals surface area contributed by atoms with Crippen molar-refractivity contribution in [3.63, 3.8) is 0 Å². The highest BCUT2D eigenvalue weighted by Gasteiger charge is 2.19. The van der Waals surface area contributed by atoms with E-state index < -0.39 is 11.6 Å². The summed E-state index contributed by atoms with van der Waals surface area (Å²) in [5.74, 6) is -1.48. The van der Waals surface area contributed by atoms with E-state index in [1.54, 1.807) is 30.4 Å². The number of hydrogen-bond acceptors (Lipinski definition) is 2. The van der Waals surface area contributed by atoms with Crippen LogP contribution in [0.25, 0.3) is 0 Å². The lowest BCUT2D eigenvalue weighted by molar-refractivity contribution is 0.462. The minimum Gasteiger partial charge on any atom is -0.310 e. The number of aryl methyl sites for hydroxylation is 1. The Morgan fingerprint density at radius 2 is 2.00 bits per heavy atom. The van der Waals surface area contributed by atoms with E-state index in [2.05, 4.69) is 5.32 Å². The molecule has 0 fully saturated rings. The lowest BCUT2D eigenvalue weighted by Crippen LogP contribution is -2.24. The minimum atomic E-state index is -0.744. The van der Waals surface area contributed by atoms with Gasteiger partial charge in [-0.25, -0.2) is 8.78 Å². The van der Waals surface area contributed by atoms with Crippen molar-refractivity contribution in [3.8, 4) is 0 Å². The molecule has 0 radical (unpaired) electrons. The molecule has 0 aliphatic heterocycles. The molecule has 1 nitrogen and oxygen atoms in total. The molecule has 1 aromatic heterocycles. The van der Waals surface area contributed by atoms with Gasteiger partial charge in [0.15, 0.2) is 11.6 Å². The minimum absolute atomic E-state index is 0.196. The Bertz CT molecular complexity index is 537. The van der Waals surface area contributed by atoms with Crippen LogP contribution in [0.1, 0.15) is 29.0 Å². The maximum absolute atomic E-state index is 14.1. The first-order valence-electron chi connectivity index (χ1n) is 6.33. The van der Waals surface area contributed by atoms with E-state index in [0.717, 1.165) is 4.88 Å². The number of nitrogens with one attached hydrogen (secondary N) is 1. The number of rotatable bonds is 5. The summed E-state index contributed by atoms with van der Waals surface area (Å²) in [7, 11) is 0. The molecule has 0 spiro atoms. The molecule has 2 rings (SSSR count). The quantitative estimate of drug-likeness (QED) is 0.865. The highest BCUT2D eigenvalue weighted by molar-refractivity contribution is 7.09. The topological polar surface area (TPSA) is 12.0 Å². The van der Waals surface area contributed by atoms with Crippen molar-refractivity contribution in [2.75, 3.05) is 6.54 Å². The predicted molar refractivity (Wildman–Crippen MR) is 75.5 cm³/mol. The third-order valence-corrected chi connectivity index (χ3v) is 4.02. The van der Waals surface area contributed by atoms with Crippen molar-refractivity contribution in [2.24, 2.45) is 0 Å². The Morgan fingerprint density at radius 3 is 2.63 bits per heavy atom. The summed E-state index contributed by atoms with van der Waals surface area (Å²) in [6, 6.07) is 7.09. The molecule has 1 unspecified atom stereocenters. The number of hydrogen-bond donors (Lipinski definition) is 1. The van der Waals surface area contributed by atoms with Gasteiger partial charge in [0.1, 0.15) is 0 Å². The molecule has 102 valence electrons. The van der Waals surface area contributed by atoms with Crippen LogP contribution in [-0.4, -0.2) is 6.54 Å². The second-order valence-corrected chi connectivity index (χ2v) is 5.53. The first-order valence-corrected chi connectivity index (χ1v) is 7.21. The standard InChI is InChI=1S/C15H17F2NS/c1-3-18-13(9-11-5-4-8-19-11)12-7-6-10(2)14(16)15(12)17/h4-8,13,18H,3,9H2,1-2H3. The highest BCUT2D eigenvalue weighted by atomic mass is 32.1. The van der Waals surface area contributed by atoms with Crippen molar-refractivity contribution in [3.05, 3.63) is 57.3 Å². The largest absolute Gasteiger partial charge is 0.310 e. The van der Waals surface area contributed by atoms with Crippen molar-refractivity contribution in [1.29, 1.82) is 0 Å². The molecule has 4 heteroatoms. The predicted octanol–water partition coefficient (Wildman–Crippen LogP) is 4.23. The summed E-state index contributed by atoms with van der Waals surface area (Å²) in [6.07, 6.45) is 0.672. The van der Waals surface area contributed by atoms with E-state index >= 15 is 0 Å². The second-order valence-electron chi connectivity index (χ2n) is 4.49. The highest BCUT2D eigenvalue weighted by Crippen LogP contribution is 2.26. The number of benzene rings is 1. The molecule has 0 aliphatic carbocycles. The molecule has 1 atom stereocenters. The molecule has 0 amide bonds. The van der Waals surface area contributed by atoms with Crippen LogP contribution in [0.2, 0.25) is 0 Å². The molecule has 0 aliphatic rings. The summed E-state index contributed by atoms with van der Waals surface area (Å²) >= 11 is 1.63. The molecule has 19 heavy (non-hydrogen) atoms. The van der Waals surface area contributed by atoms with Gasteiger partial charge in [-0.1, -0.05) is 25.1 Å². The zero-order valence-corrected chi connectivity index (χ0v) is 11.9. The molecule has 2 aromatic rings. The zero-order valence-electron chi connectivity index (χ0n) is 11.0. The van der Waals surface area contributed by atoms with Gasteiger partial charge in [-0.2, -0.15) is 0 Å². The van der Waals surface area contributed by atoms with Gasteiger partial charge in [0.05, 0.1) is 0 Å². The van der Waals surface area contributed by atoms with Gasteiger partial charge in [-0.15, -0.1) is 11.3 Å². The van der Waals surface area contributed by atoms with E-state index in [9.17, 15) is 8.78 Å². The van der Waals surface area contributed by atoms with Gasteiger partial charge >= 0.3 is 0 Å². The molecule has 1 aromatic carbocycles.